The Balaban J connectivity index is 1.10. The average molecular weight is 415 g/mol. The number of rotatable bonds is 3. The lowest BCUT2D eigenvalue weighted by atomic mass is 9.52. The van der Waals surface area contributed by atoms with E-state index in [0.717, 1.165) is 57.8 Å². The third-order valence-corrected chi connectivity index (χ3v) is 8.57. The highest BCUT2D eigenvalue weighted by Gasteiger charge is 2.55. The number of ether oxygens (including phenoxy) is 1. The molecule has 162 valence electrons. The molecule has 1 aromatic rings. The summed E-state index contributed by atoms with van der Waals surface area (Å²) < 4.78 is 19.2. The predicted molar refractivity (Wildman–Crippen MR) is 110 cm³/mol. The number of piperidine rings is 1. The molecular weight excluding hydrogens is 383 g/mol. The summed E-state index contributed by atoms with van der Waals surface area (Å²) in [5.41, 5.74) is -0.465. The highest BCUT2D eigenvalue weighted by Crippen LogP contribution is 2.55. The van der Waals surface area contributed by atoms with Gasteiger partial charge < -0.3 is 20.1 Å². The van der Waals surface area contributed by atoms with E-state index in [1.54, 1.807) is 12.1 Å². The Morgan fingerprint density at radius 1 is 1.03 bits per heavy atom. The van der Waals surface area contributed by atoms with Crippen molar-refractivity contribution in [2.45, 2.75) is 87.6 Å². The first kappa shape index (κ1) is 18.9. The van der Waals surface area contributed by atoms with Crippen molar-refractivity contribution in [3.8, 4) is 5.75 Å². The summed E-state index contributed by atoms with van der Waals surface area (Å²) in [4.78, 5) is 15.4. The zero-order valence-corrected chi connectivity index (χ0v) is 17.3. The van der Waals surface area contributed by atoms with E-state index in [1.807, 2.05) is 0 Å². The summed E-state index contributed by atoms with van der Waals surface area (Å²) in [5.74, 6) is 1.96. The van der Waals surface area contributed by atoms with Gasteiger partial charge in [-0.15, -0.1) is 0 Å². The van der Waals surface area contributed by atoms with E-state index in [9.17, 15) is 14.3 Å². The molecule has 7 rings (SSSR count). The van der Waals surface area contributed by atoms with Gasteiger partial charge in [0.15, 0.2) is 0 Å². The molecule has 4 saturated carbocycles. The maximum atomic E-state index is 13.3. The highest BCUT2D eigenvalue weighted by molar-refractivity contribution is 5.76. The van der Waals surface area contributed by atoms with E-state index in [0.29, 0.717) is 23.5 Å². The van der Waals surface area contributed by atoms with Crippen molar-refractivity contribution in [2.75, 3.05) is 0 Å². The Morgan fingerprint density at radius 3 is 2.27 bits per heavy atom. The third-order valence-electron chi connectivity index (χ3n) is 8.57. The molecule has 2 aliphatic heterocycles. The largest absolute Gasteiger partial charge is 0.490 e. The van der Waals surface area contributed by atoms with Gasteiger partial charge in [-0.2, -0.15) is 0 Å². The Bertz CT molecular complexity index is 800. The molecule has 0 radical (unpaired) electrons. The average Bonchev–Trinajstić information content (AvgIpc) is 2.96. The second-order valence-corrected chi connectivity index (χ2v) is 10.6. The minimum atomic E-state index is -0.465. The maximum absolute atomic E-state index is 13.3. The number of benzene rings is 1. The van der Waals surface area contributed by atoms with Crippen LogP contribution in [-0.2, 0) is 0 Å². The number of carbonyl (C=O) groups excluding carboxylic acids is 1. The van der Waals surface area contributed by atoms with Crippen molar-refractivity contribution < 1.29 is 19.0 Å². The summed E-state index contributed by atoms with van der Waals surface area (Å²) in [6, 6.07) is 6.95. The van der Waals surface area contributed by atoms with Crippen molar-refractivity contribution >= 4 is 6.03 Å². The standard InChI is InChI=1S/C24H31FN2O3/c25-17-1-5-20(6-2-17)30-21-9-18-3-4-19(10-21)27(18)23(28)26-22-15-7-14-8-16(22)13-24(29,11-14)12-15/h1-2,5-6,14-16,18-19,21-22,29H,3-4,7-13H2,(H,26,28)/t14?,15?,16?,18-,19+,21?,22?,24?. The number of halogens is 1. The Hall–Kier alpha value is -1.82. The van der Waals surface area contributed by atoms with Crippen LogP contribution in [0.15, 0.2) is 24.3 Å². The molecule has 2 amide bonds. The van der Waals surface area contributed by atoms with Crippen molar-refractivity contribution in [2.24, 2.45) is 17.8 Å². The smallest absolute Gasteiger partial charge is 0.318 e. The highest BCUT2D eigenvalue weighted by atomic mass is 19.1. The summed E-state index contributed by atoms with van der Waals surface area (Å²) in [5, 5.41) is 14.2. The molecule has 6 fully saturated rings. The number of nitrogens with zero attached hydrogens (tertiary/aromatic N) is 1. The van der Waals surface area contributed by atoms with E-state index in [2.05, 4.69) is 10.2 Å². The minimum absolute atomic E-state index is 0.0763. The second-order valence-electron chi connectivity index (χ2n) is 10.6. The molecule has 2 heterocycles. The van der Waals surface area contributed by atoms with Gasteiger partial charge in [-0.05, 0) is 87.0 Å². The lowest BCUT2D eigenvalue weighted by Crippen LogP contribution is -2.64. The lowest BCUT2D eigenvalue weighted by molar-refractivity contribution is -0.137. The molecule has 2 saturated heterocycles. The van der Waals surface area contributed by atoms with E-state index < -0.39 is 5.60 Å². The fraction of sp³-hybridized carbons (Fsp3) is 0.708. The van der Waals surface area contributed by atoms with E-state index in [4.69, 9.17) is 4.74 Å². The number of carbonyl (C=O) groups is 1. The molecule has 5 nitrogen and oxygen atoms in total. The van der Waals surface area contributed by atoms with Crippen LogP contribution in [0.5, 0.6) is 5.75 Å². The quantitative estimate of drug-likeness (QED) is 0.790. The predicted octanol–water partition coefficient (Wildman–Crippen LogP) is 3.85. The molecule has 3 unspecified atom stereocenters. The van der Waals surface area contributed by atoms with Crippen molar-refractivity contribution in [1.29, 1.82) is 0 Å². The Labute approximate surface area is 177 Å². The Kier molecular flexibility index (Phi) is 4.31. The SMILES string of the molecule is O=C(NC1C2CC3CC1CC(O)(C3)C2)N1[C@@H]2CC[C@H]1CC(Oc1ccc(F)cc1)C2. The van der Waals surface area contributed by atoms with Crippen LogP contribution in [0.4, 0.5) is 9.18 Å². The molecule has 30 heavy (non-hydrogen) atoms. The summed E-state index contributed by atoms with van der Waals surface area (Å²) in [7, 11) is 0. The number of hydrogen-bond donors (Lipinski definition) is 2. The van der Waals surface area contributed by atoms with E-state index in [1.165, 1.54) is 12.1 Å². The van der Waals surface area contributed by atoms with Gasteiger partial charge in [0.05, 0.1) is 5.60 Å². The topological polar surface area (TPSA) is 61.8 Å². The normalized spacial score (nSPS) is 43.7. The molecule has 6 bridgehead atoms. The van der Waals surface area contributed by atoms with Gasteiger partial charge in [-0.3, -0.25) is 0 Å². The van der Waals surface area contributed by atoms with Gasteiger partial charge >= 0.3 is 6.03 Å². The van der Waals surface area contributed by atoms with Gasteiger partial charge in [-0.1, -0.05) is 0 Å². The number of fused-ring (bicyclic) bond motifs is 2. The van der Waals surface area contributed by atoms with Gasteiger partial charge in [0, 0.05) is 31.0 Å². The zero-order valence-electron chi connectivity index (χ0n) is 17.3. The minimum Gasteiger partial charge on any atom is -0.490 e. The van der Waals surface area contributed by atoms with Gasteiger partial charge in [0.2, 0.25) is 0 Å². The zero-order chi connectivity index (χ0) is 20.5. The van der Waals surface area contributed by atoms with Crippen LogP contribution in [0, 0.1) is 23.6 Å². The molecular formula is C24H31FN2O3. The van der Waals surface area contributed by atoms with Crippen LogP contribution in [0.25, 0.3) is 0 Å². The molecule has 6 aliphatic rings. The molecule has 0 spiro atoms. The monoisotopic (exact) mass is 414 g/mol. The first-order valence-electron chi connectivity index (χ1n) is 11.7. The fourth-order valence-corrected chi connectivity index (χ4v) is 7.69. The fourth-order valence-electron chi connectivity index (χ4n) is 7.69. The maximum Gasteiger partial charge on any atom is 0.318 e. The van der Waals surface area contributed by atoms with Crippen molar-refractivity contribution in [3.63, 3.8) is 0 Å². The van der Waals surface area contributed by atoms with Gasteiger partial charge in [0.25, 0.3) is 0 Å². The number of hydrogen-bond acceptors (Lipinski definition) is 3. The van der Waals surface area contributed by atoms with Crippen LogP contribution in [0.1, 0.15) is 57.8 Å². The lowest BCUT2D eigenvalue weighted by Gasteiger charge is -2.58. The van der Waals surface area contributed by atoms with Crippen molar-refractivity contribution in [3.05, 3.63) is 30.1 Å². The van der Waals surface area contributed by atoms with Crippen LogP contribution < -0.4 is 10.1 Å². The van der Waals surface area contributed by atoms with Gasteiger partial charge in [-0.25, -0.2) is 9.18 Å². The number of urea groups is 1. The molecule has 4 aliphatic carbocycles. The van der Waals surface area contributed by atoms with Crippen LogP contribution in [0.3, 0.4) is 0 Å². The molecule has 1 aromatic carbocycles. The van der Waals surface area contributed by atoms with E-state index >= 15 is 0 Å². The van der Waals surface area contributed by atoms with Gasteiger partial charge in [0.1, 0.15) is 17.7 Å². The van der Waals surface area contributed by atoms with Crippen LogP contribution in [-0.4, -0.2) is 45.9 Å². The first-order valence-corrected chi connectivity index (χ1v) is 11.7. The van der Waals surface area contributed by atoms with E-state index in [-0.39, 0.29) is 36.1 Å². The summed E-state index contributed by atoms with van der Waals surface area (Å²) in [6.45, 7) is 0. The molecule has 0 aromatic heterocycles. The third kappa shape index (κ3) is 3.19. The Morgan fingerprint density at radius 2 is 1.67 bits per heavy atom. The molecule has 5 atom stereocenters. The van der Waals surface area contributed by atoms with Crippen LogP contribution in [0.2, 0.25) is 0 Å². The first-order chi connectivity index (χ1) is 14.5. The molecule has 6 heteroatoms. The number of nitrogens with one attached hydrogen (secondary N) is 1. The summed E-state index contributed by atoms with van der Waals surface area (Å²) >= 11 is 0. The second kappa shape index (κ2) is 6.84. The molecule has 2 N–H and O–H groups in total. The van der Waals surface area contributed by atoms with Crippen LogP contribution >= 0.6 is 0 Å². The van der Waals surface area contributed by atoms with Crippen molar-refractivity contribution in [1.82, 2.24) is 10.2 Å². The summed E-state index contributed by atoms with van der Waals surface area (Å²) in [6.07, 6.45) is 8.78. The number of aliphatic hydroxyl groups is 1. The number of amides is 2.